The van der Waals surface area contributed by atoms with Crippen molar-refractivity contribution in [1.82, 2.24) is 13.9 Å². The van der Waals surface area contributed by atoms with Crippen molar-refractivity contribution in [3.8, 4) is 5.69 Å². The maximum Gasteiger partial charge on any atom is 0.266 e. The van der Waals surface area contributed by atoms with Crippen LogP contribution in [0.3, 0.4) is 0 Å². The van der Waals surface area contributed by atoms with E-state index in [4.69, 9.17) is 16.6 Å². The molecule has 0 aliphatic heterocycles. The van der Waals surface area contributed by atoms with Crippen LogP contribution in [-0.4, -0.2) is 28.8 Å². The van der Waals surface area contributed by atoms with Crippen molar-refractivity contribution in [2.24, 2.45) is 5.92 Å². The molecule has 1 atom stereocenters. The molecule has 0 spiro atoms. The lowest BCUT2D eigenvalue weighted by Crippen LogP contribution is -2.39. The van der Waals surface area contributed by atoms with E-state index in [0.717, 1.165) is 11.1 Å². The number of rotatable bonds is 7. The number of nitrogens with zero attached hydrogens (tertiary/aromatic N) is 3. The standard InChI is InChI=1S/C31H36ClN3O3S/c1-20(2)19-34(39(37,38)25-15-12-23(13-16-25)31(5,6)7)22(4)29-33-27-11-9-8-10-26(27)30(36)35(29)28-17-14-24(32)18-21(28)3/h8-18,20,22H,19H2,1-7H3. The third-order valence-corrected chi connectivity index (χ3v) is 9.06. The van der Waals surface area contributed by atoms with Gasteiger partial charge in [-0.3, -0.25) is 9.36 Å². The van der Waals surface area contributed by atoms with Crippen LogP contribution in [0, 0.1) is 12.8 Å². The SMILES string of the molecule is Cc1cc(Cl)ccc1-n1c(C(C)N(CC(C)C)S(=O)(=O)c2ccc(C(C)(C)C)cc2)nc2ccccc2c1=O. The normalized spacial score (nSPS) is 13.4. The van der Waals surface area contributed by atoms with Crippen LogP contribution in [0.4, 0.5) is 0 Å². The van der Waals surface area contributed by atoms with Crippen LogP contribution < -0.4 is 5.56 Å². The topological polar surface area (TPSA) is 72.3 Å². The summed E-state index contributed by atoms with van der Waals surface area (Å²) < 4.78 is 31.3. The lowest BCUT2D eigenvalue weighted by Gasteiger charge is -2.31. The molecule has 39 heavy (non-hydrogen) atoms. The van der Waals surface area contributed by atoms with E-state index in [1.165, 1.54) is 8.87 Å². The van der Waals surface area contributed by atoms with Crippen molar-refractivity contribution in [3.63, 3.8) is 0 Å². The van der Waals surface area contributed by atoms with Crippen LogP contribution in [0.15, 0.2) is 76.4 Å². The maximum absolute atomic E-state index is 14.1. The fraction of sp³-hybridized carbons (Fsp3) is 0.355. The molecule has 0 radical (unpaired) electrons. The van der Waals surface area contributed by atoms with Gasteiger partial charge in [-0.25, -0.2) is 13.4 Å². The van der Waals surface area contributed by atoms with E-state index >= 15 is 0 Å². The summed E-state index contributed by atoms with van der Waals surface area (Å²) in [6.07, 6.45) is 0. The van der Waals surface area contributed by atoms with E-state index in [1.807, 2.05) is 39.0 Å². The molecule has 0 aliphatic carbocycles. The Bertz CT molecular complexity index is 1670. The Kier molecular flexibility index (Phi) is 8.08. The number of fused-ring (bicyclic) bond motifs is 1. The number of benzene rings is 3. The Morgan fingerprint density at radius 1 is 0.974 bits per heavy atom. The number of hydrogen-bond donors (Lipinski definition) is 0. The molecule has 1 unspecified atom stereocenters. The summed E-state index contributed by atoms with van der Waals surface area (Å²) in [5.74, 6) is 0.383. The zero-order valence-corrected chi connectivity index (χ0v) is 25.1. The van der Waals surface area contributed by atoms with Crippen molar-refractivity contribution in [1.29, 1.82) is 0 Å². The summed E-state index contributed by atoms with van der Waals surface area (Å²) in [7, 11) is -3.93. The second-order valence-electron chi connectivity index (χ2n) is 11.5. The summed E-state index contributed by atoms with van der Waals surface area (Å²) in [5.41, 5.74) is 2.60. The Hall–Kier alpha value is -3.00. The second-order valence-corrected chi connectivity index (χ2v) is 13.8. The van der Waals surface area contributed by atoms with Gasteiger partial charge in [-0.05, 0) is 78.8 Å². The summed E-state index contributed by atoms with van der Waals surface area (Å²) >= 11 is 6.23. The van der Waals surface area contributed by atoms with Gasteiger partial charge in [-0.1, -0.05) is 70.5 Å². The number of sulfonamides is 1. The van der Waals surface area contributed by atoms with Gasteiger partial charge in [-0.15, -0.1) is 0 Å². The van der Waals surface area contributed by atoms with E-state index in [1.54, 1.807) is 55.5 Å². The number of halogens is 1. The third-order valence-electron chi connectivity index (χ3n) is 6.88. The van der Waals surface area contributed by atoms with Crippen LogP contribution in [0.1, 0.15) is 64.5 Å². The van der Waals surface area contributed by atoms with E-state index in [0.29, 0.717) is 27.4 Å². The van der Waals surface area contributed by atoms with Crippen LogP contribution in [0.2, 0.25) is 5.02 Å². The number of aromatic nitrogens is 2. The molecule has 206 valence electrons. The lowest BCUT2D eigenvalue weighted by atomic mass is 9.87. The minimum atomic E-state index is -3.93. The minimum Gasteiger partial charge on any atom is -0.268 e. The molecule has 4 aromatic rings. The molecule has 0 fully saturated rings. The molecule has 0 N–H and O–H groups in total. The predicted molar refractivity (Wildman–Crippen MR) is 159 cm³/mol. The zero-order valence-electron chi connectivity index (χ0n) is 23.6. The average Bonchev–Trinajstić information content (AvgIpc) is 2.87. The van der Waals surface area contributed by atoms with Crippen molar-refractivity contribution in [3.05, 3.63) is 99.1 Å². The van der Waals surface area contributed by atoms with Crippen molar-refractivity contribution < 1.29 is 8.42 Å². The van der Waals surface area contributed by atoms with E-state index in [2.05, 4.69) is 20.8 Å². The molecule has 0 saturated carbocycles. The molecule has 3 aromatic carbocycles. The van der Waals surface area contributed by atoms with Crippen molar-refractivity contribution >= 4 is 32.5 Å². The fourth-order valence-electron chi connectivity index (χ4n) is 4.75. The third kappa shape index (κ3) is 5.81. The first-order valence-corrected chi connectivity index (χ1v) is 14.9. The van der Waals surface area contributed by atoms with Gasteiger partial charge in [0.1, 0.15) is 5.82 Å². The predicted octanol–water partition coefficient (Wildman–Crippen LogP) is 7.05. The maximum atomic E-state index is 14.1. The van der Waals surface area contributed by atoms with Gasteiger partial charge in [0, 0.05) is 11.6 Å². The molecule has 0 aliphatic rings. The highest BCUT2D eigenvalue weighted by Crippen LogP contribution is 2.31. The second kappa shape index (κ2) is 10.9. The summed E-state index contributed by atoms with van der Waals surface area (Å²) in [6.45, 7) is 14.1. The summed E-state index contributed by atoms with van der Waals surface area (Å²) in [5, 5.41) is 1.01. The number of hydrogen-bond acceptors (Lipinski definition) is 4. The smallest absolute Gasteiger partial charge is 0.266 e. The molecule has 8 heteroatoms. The van der Waals surface area contributed by atoms with Crippen LogP contribution >= 0.6 is 11.6 Å². The number of aryl methyl sites for hydroxylation is 1. The fourth-order valence-corrected chi connectivity index (χ4v) is 6.73. The van der Waals surface area contributed by atoms with Crippen LogP contribution in [0.5, 0.6) is 0 Å². The van der Waals surface area contributed by atoms with Crippen molar-refractivity contribution in [2.45, 2.75) is 64.8 Å². The first kappa shape index (κ1) is 29.0. The van der Waals surface area contributed by atoms with E-state index < -0.39 is 16.1 Å². The molecular weight excluding hydrogens is 530 g/mol. The van der Waals surface area contributed by atoms with Crippen LogP contribution in [-0.2, 0) is 15.4 Å². The molecule has 6 nitrogen and oxygen atoms in total. The Morgan fingerprint density at radius 3 is 2.21 bits per heavy atom. The molecule has 4 rings (SSSR count). The van der Waals surface area contributed by atoms with Gasteiger partial charge in [0.05, 0.1) is 27.5 Å². The van der Waals surface area contributed by atoms with Crippen molar-refractivity contribution in [2.75, 3.05) is 6.54 Å². The Morgan fingerprint density at radius 2 is 1.62 bits per heavy atom. The van der Waals surface area contributed by atoms with Gasteiger partial charge in [0.25, 0.3) is 5.56 Å². The monoisotopic (exact) mass is 565 g/mol. The van der Waals surface area contributed by atoms with Crippen LogP contribution in [0.25, 0.3) is 16.6 Å². The summed E-state index contributed by atoms with van der Waals surface area (Å²) in [4.78, 5) is 19.0. The molecule has 0 bridgehead atoms. The largest absolute Gasteiger partial charge is 0.268 e. The minimum absolute atomic E-state index is 0.0361. The number of para-hydroxylation sites is 1. The molecule has 0 amide bonds. The van der Waals surface area contributed by atoms with E-state index in [-0.39, 0.29) is 28.3 Å². The highest BCUT2D eigenvalue weighted by molar-refractivity contribution is 7.89. The zero-order chi connectivity index (χ0) is 28.7. The van der Waals surface area contributed by atoms with Gasteiger partial charge < -0.3 is 0 Å². The molecule has 1 heterocycles. The molecule has 1 aromatic heterocycles. The first-order chi connectivity index (χ1) is 18.2. The molecule has 0 saturated heterocycles. The average molecular weight is 566 g/mol. The Balaban J connectivity index is 1.94. The quantitative estimate of drug-likeness (QED) is 0.240. The first-order valence-electron chi connectivity index (χ1n) is 13.1. The van der Waals surface area contributed by atoms with Gasteiger partial charge >= 0.3 is 0 Å². The van der Waals surface area contributed by atoms with Gasteiger partial charge in [0.2, 0.25) is 10.0 Å². The lowest BCUT2D eigenvalue weighted by molar-refractivity contribution is 0.296. The molecular formula is C31H36ClN3O3S. The highest BCUT2D eigenvalue weighted by atomic mass is 35.5. The summed E-state index contributed by atoms with van der Waals surface area (Å²) in [6, 6.07) is 18.7. The highest BCUT2D eigenvalue weighted by Gasteiger charge is 2.34. The van der Waals surface area contributed by atoms with E-state index in [9.17, 15) is 13.2 Å². The van der Waals surface area contributed by atoms with Gasteiger partial charge in [0.15, 0.2) is 0 Å². The Labute approximate surface area is 236 Å². The van der Waals surface area contributed by atoms with Gasteiger partial charge in [-0.2, -0.15) is 4.31 Å².